The van der Waals surface area contributed by atoms with E-state index >= 15 is 0 Å². The van der Waals surface area contributed by atoms with Crippen LogP contribution < -0.4 is 10.6 Å². The summed E-state index contributed by atoms with van der Waals surface area (Å²) in [6.07, 6.45) is 1.19. The van der Waals surface area contributed by atoms with Crippen molar-refractivity contribution in [1.82, 2.24) is 0 Å². The van der Waals surface area contributed by atoms with Gasteiger partial charge in [0, 0.05) is 27.3 Å². The lowest BCUT2D eigenvalue weighted by atomic mass is 9.98. The fourth-order valence-electron chi connectivity index (χ4n) is 4.09. The van der Waals surface area contributed by atoms with Crippen LogP contribution in [0.1, 0.15) is 44.7 Å². The van der Waals surface area contributed by atoms with E-state index in [9.17, 15) is 18.7 Å². The Hall–Kier alpha value is -2.12. The Morgan fingerprint density at radius 3 is 1.82 bits per heavy atom. The van der Waals surface area contributed by atoms with Crippen LogP contribution in [0.25, 0.3) is 0 Å². The quantitative estimate of drug-likeness (QED) is 0.254. The van der Waals surface area contributed by atoms with Crippen LogP contribution in [0, 0.1) is 0 Å². The first-order valence-electron chi connectivity index (χ1n) is 11.8. The molecule has 0 unspecified atom stereocenters. The van der Waals surface area contributed by atoms with Crippen molar-refractivity contribution in [3.05, 3.63) is 93.0 Å². The zero-order chi connectivity index (χ0) is 26.9. The first-order chi connectivity index (χ1) is 18.2. The monoisotopic (exact) mass is 594 g/mol. The van der Waals surface area contributed by atoms with Gasteiger partial charge in [0.1, 0.15) is 0 Å². The Balaban J connectivity index is 1.53. The van der Waals surface area contributed by atoms with E-state index < -0.39 is 26.8 Å². The fourth-order valence-corrected chi connectivity index (χ4v) is 7.95. The molecule has 198 valence electrons. The third kappa shape index (κ3) is 5.46. The molecule has 2 heterocycles. The molecule has 2 saturated heterocycles. The van der Waals surface area contributed by atoms with Gasteiger partial charge in [0.2, 0.25) is 0 Å². The van der Waals surface area contributed by atoms with Gasteiger partial charge in [-0.2, -0.15) is 0 Å². The van der Waals surface area contributed by atoms with Gasteiger partial charge in [0.05, 0.1) is 42.1 Å². The first kappa shape index (κ1) is 27.4. The summed E-state index contributed by atoms with van der Waals surface area (Å²) in [5, 5.41) is 0.830. The smallest absolute Gasteiger partial charge is 0.305 e. The SMILES string of the molecule is O=C(c1ccc(C(=O)c2ccc(P3(=O)OCCCO3)cc2)c(P2(=O)OCCCO2)c1)c1cc(Cl)ccc1Cl. The van der Waals surface area contributed by atoms with Gasteiger partial charge in [-0.05, 0) is 55.3 Å². The minimum absolute atomic E-state index is 0.0259. The molecule has 0 aliphatic carbocycles. The van der Waals surface area contributed by atoms with Crippen LogP contribution in [0.3, 0.4) is 0 Å². The van der Waals surface area contributed by atoms with Crippen LogP contribution in [-0.2, 0) is 27.2 Å². The Bertz CT molecular complexity index is 1490. The number of carbonyl (C=O) groups excluding carboxylic acids is 2. The molecule has 2 aliphatic rings. The van der Waals surface area contributed by atoms with E-state index in [1.54, 1.807) is 6.07 Å². The summed E-state index contributed by atoms with van der Waals surface area (Å²) < 4.78 is 48.4. The molecule has 0 radical (unpaired) electrons. The maximum atomic E-state index is 13.7. The van der Waals surface area contributed by atoms with Crippen LogP contribution in [-0.4, -0.2) is 38.0 Å². The van der Waals surface area contributed by atoms with Crippen molar-refractivity contribution in [1.29, 1.82) is 0 Å². The van der Waals surface area contributed by atoms with Gasteiger partial charge < -0.3 is 18.1 Å². The van der Waals surface area contributed by atoms with Crippen molar-refractivity contribution in [2.45, 2.75) is 12.8 Å². The summed E-state index contributed by atoms with van der Waals surface area (Å²) in [6, 6.07) is 14.7. The highest BCUT2D eigenvalue weighted by atomic mass is 35.5. The zero-order valence-electron chi connectivity index (χ0n) is 19.9. The molecule has 38 heavy (non-hydrogen) atoms. The maximum Gasteiger partial charge on any atom is 0.362 e. The van der Waals surface area contributed by atoms with Gasteiger partial charge >= 0.3 is 15.2 Å². The van der Waals surface area contributed by atoms with Crippen molar-refractivity contribution in [2.75, 3.05) is 26.4 Å². The van der Waals surface area contributed by atoms with Gasteiger partial charge in [0.25, 0.3) is 0 Å². The summed E-state index contributed by atoms with van der Waals surface area (Å²) in [7, 11) is -7.35. The van der Waals surface area contributed by atoms with E-state index in [-0.39, 0.29) is 45.8 Å². The predicted octanol–water partition coefficient (Wildman–Crippen LogP) is 5.97. The molecule has 12 heteroatoms. The third-order valence-electron chi connectivity index (χ3n) is 6.04. The molecular weight excluding hydrogens is 573 g/mol. The summed E-state index contributed by atoms with van der Waals surface area (Å²) in [4.78, 5) is 26.9. The number of rotatable bonds is 6. The summed E-state index contributed by atoms with van der Waals surface area (Å²) in [5.41, 5.74) is 0.576. The minimum Gasteiger partial charge on any atom is -0.305 e. The number of carbonyl (C=O) groups is 2. The molecule has 2 fully saturated rings. The lowest BCUT2D eigenvalue weighted by molar-refractivity contribution is 0.102. The summed E-state index contributed by atoms with van der Waals surface area (Å²) in [6.45, 7) is 0.991. The van der Waals surface area contributed by atoms with E-state index in [4.69, 9.17) is 41.3 Å². The maximum absolute atomic E-state index is 13.7. The molecule has 3 aromatic rings. The van der Waals surface area contributed by atoms with E-state index in [1.165, 1.54) is 54.6 Å². The van der Waals surface area contributed by atoms with Gasteiger partial charge in [-0.25, -0.2) is 0 Å². The first-order valence-corrected chi connectivity index (χ1v) is 15.6. The Kier molecular flexibility index (Phi) is 8.07. The predicted molar refractivity (Wildman–Crippen MR) is 144 cm³/mol. The molecule has 0 bridgehead atoms. The Morgan fingerprint density at radius 2 is 1.18 bits per heavy atom. The molecule has 3 aromatic carbocycles. The molecule has 0 amide bonds. The van der Waals surface area contributed by atoms with E-state index in [1.807, 2.05) is 0 Å². The number of ketones is 2. The summed E-state index contributed by atoms with van der Waals surface area (Å²) >= 11 is 12.3. The number of halogens is 2. The van der Waals surface area contributed by atoms with Gasteiger partial charge in [0.15, 0.2) is 11.6 Å². The van der Waals surface area contributed by atoms with Crippen molar-refractivity contribution in [2.24, 2.45) is 0 Å². The van der Waals surface area contributed by atoms with Crippen molar-refractivity contribution < 1.29 is 36.8 Å². The van der Waals surface area contributed by atoms with Gasteiger partial charge in [-0.15, -0.1) is 0 Å². The standard InChI is InChI=1S/C26H22Cl2O8P2/c27-19-6-10-23(28)22(16-19)26(30)18-5-9-21(24(15-18)38(32)35-13-2-14-36-38)25(29)17-3-7-20(8-4-17)37(31)33-11-1-12-34-37/h3-10,15-16H,1-2,11-14H2. The van der Waals surface area contributed by atoms with E-state index in [0.717, 1.165) is 0 Å². The molecule has 2 aliphatic heterocycles. The van der Waals surface area contributed by atoms with Crippen LogP contribution >= 0.6 is 38.4 Å². The lowest BCUT2D eigenvalue weighted by Gasteiger charge is -2.25. The normalized spacial score (nSPS) is 18.6. The lowest BCUT2D eigenvalue weighted by Crippen LogP contribution is -2.24. The molecule has 8 nitrogen and oxygen atoms in total. The Labute approximate surface area is 229 Å². The van der Waals surface area contributed by atoms with Crippen LogP contribution in [0.15, 0.2) is 60.7 Å². The highest BCUT2D eigenvalue weighted by Crippen LogP contribution is 2.51. The van der Waals surface area contributed by atoms with E-state index in [0.29, 0.717) is 36.4 Å². The number of hydrogen-bond acceptors (Lipinski definition) is 8. The molecular formula is C26H22Cl2O8P2. The topological polar surface area (TPSA) is 105 Å². The van der Waals surface area contributed by atoms with E-state index in [2.05, 4.69) is 0 Å². The second-order valence-electron chi connectivity index (χ2n) is 8.60. The van der Waals surface area contributed by atoms with Crippen LogP contribution in [0.4, 0.5) is 0 Å². The average molecular weight is 595 g/mol. The molecule has 0 saturated carbocycles. The van der Waals surface area contributed by atoms with Crippen molar-refractivity contribution >= 4 is 60.6 Å². The molecule has 0 atom stereocenters. The van der Waals surface area contributed by atoms with Gasteiger partial charge in [-0.1, -0.05) is 41.4 Å². The summed E-state index contributed by atoms with van der Waals surface area (Å²) in [5.74, 6) is -0.953. The number of benzene rings is 3. The molecule has 0 aromatic heterocycles. The van der Waals surface area contributed by atoms with Gasteiger partial charge in [-0.3, -0.25) is 18.7 Å². The highest BCUT2D eigenvalue weighted by Gasteiger charge is 2.36. The second kappa shape index (κ2) is 11.2. The molecule has 0 N–H and O–H groups in total. The largest absolute Gasteiger partial charge is 0.362 e. The fraction of sp³-hybridized carbons (Fsp3) is 0.231. The Morgan fingerprint density at radius 1 is 0.632 bits per heavy atom. The molecule has 0 spiro atoms. The van der Waals surface area contributed by atoms with Crippen LogP contribution in [0.5, 0.6) is 0 Å². The van der Waals surface area contributed by atoms with Crippen LogP contribution in [0.2, 0.25) is 10.0 Å². The number of hydrogen-bond donors (Lipinski definition) is 0. The highest BCUT2D eigenvalue weighted by molar-refractivity contribution is 7.62. The van der Waals surface area contributed by atoms with Crippen molar-refractivity contribution in [3.63, 3.8) is 0 Å². The average Bonchev–Trinajstić information content (AvgIpc) is 2.94. The van der Waals surface area contributed by atoms with Crippen molar-refractivity contribution in [3.8, 4) is 0 Å². The molecule has 5 rings (SSSR count). The minimum atomic E-state index is -3.92. The zero-order valence-corrected chi connectivity index (χ0v) is 23.2. The third-order valence-corrected chi connectivity index (χ3v) is 10.6. The second-order valence-corrected chi connectivity index (χ2v) is 13.5.